The summed E-state index contributed by atoms with van der Waals surface area (Å²) in [5.74, 6) is -0.947. The normalized spacial score (nSPS) is 13.6. The minimum Gasteiger partial charge on any atom is -0.481 e. The maximum atomic E-state index is 11.5. The predicted octanol–water partition coefficient (Wildman–Crippen LogP) is 0.736. The summed E-state index contributed by atoms with van der Waals surface area (Å²) in [4.78, 5) is 35.8. The quantitative estimate of drug-likeness (QED) is 0.618. The molecular formula is C11H17N3O4S. The number of aromatic nitrogens is 1. The topological polar surface area (TPSA) is 111 Å². The number of hydrogen-bond donors (Lipinski definition) is 4. The van der Waals surface area contributed by atoms with Gasteiger partial charge in [0.15, 0.2) is 0 Å². The highest BCUT2D eigenvalue weighted by molar-refractivity contribution is 7.07. The van der Waals surface area contributed by atoms with Gasteiger partial charge in [0.25, 0.3) is 0 Å². The molecule has 0 spiro atoms. The number of carboxylic acid groups (broad SMARTS) is 1. The zero-order valence-electron chi connectivity index (χ0n) is 10.8. The van der Waals surface area contributed by atoms with Crippen LogP contribution in [0.5, 0.6) is 0 Å². The molecule has 4 N–H and O–H groups in total. The number of carbonyl (C=O) groups excluding carboxylic acids is 1. The highest BCUT2D eigenvalue weighted by atomic mass is 32.1. The molecule has 0 saturated heterocycles. The number of nitrogens with one attached hydrogen (secondary N) is 3. The number of amides is 2. The molecule has 0 aliphatic heterocycles. The number of H-pyrrole nitrogens is 1. The van der Waals surface area contributed by atoms with Crippen LogP contribution in [0.3, 0.4) is 0 Å². The van der Waals surface area contributed by atoms with Gasteiger partial charge < -0.3 is 20.7 Å². The number of aliphatic carboxylic acids is 1. The van der Waals surface area contributed by atoms with Crippen molar-refractivity contribution in [3.05, 3.63) is 20.7 Å². The largest absolute Gasteiger partial charge is 0.481 e. The van der Waals surface area contributed by atoms with E-state index in [4.69, 9.17) is 5.11 Å². The lowest BCUT2D eigenvalue weighted by molar-refractivity contribution is -0.147. The zero-order valence-corrected chi connectivity index (χ0v) is 11.6. The summed E-state index contributed by atoms with van der Waals surface area (Å²) in [5, 5.41) is 15.7. The van der Waals surface area contributed by atoms with Crippen LogP contribution in [0.4, 0.5) is 4.79 Å². The van der Waals surface area contributed by atoms with Crippen LogP contribution in [-0.4, -0.2) is 28.6 Å². The summed E-state index contributed by atoms with van der Waals surface area (Å²) in [6.07, 6.45) is 0.417. The van der Waals surface area contributed by atoms with Gasteiger partial charge in [-0.05, 0) is 13.3 Å². The van der Waals surface area contributed by atoms with E-state index >= 15 is 0 Å². The Labute approximate surface area is 114 Å². The molecular weight excluding hydrogens is 270 g/mol. The molecule has 1 unspecified atom stereocenters. The van der Waals surface area contributed by atoms with Gasteiger partial charge in [-0.2, -0.15) is 0 Å². The summed E-state index contributed by atoms with van der Waals surface area (Å²) in [6.45, 7) is 3.57. The Hall–Kier alpha value is -1.83. The molecule has 8 heteroatoms. The highest BCUT2D eigenvalue weighted by Crippen LogP contribution is 2.19. The Morgan fingerprint density at radius 1 is 1.47 bits per heavy atom. The summed E-state index contributed by atoms with van der Waals surface area (Å²) in [5.41, 5.74) is -0.366. The number of carboxylic acids is 1. The van der Waals surface area contributed by atoms with Crippen molar-refractivity contribution in [3.8, 4) is 0 Å². The first-order valence-electron chi connectivity index (χ1n) is 5.79. The maximum absolute atomic E-state index is 11.5. The average Bonchev–Trinajstić information content (AvgIpc) is 2.79. The Kier molecular flexibility index (Phi) is 5.11. The monoisotopic (exact) mass is 287 g/mol. The van der Waals surface area contributed by atoms with Crippen molar-refractivity contribution in [2.24, 2.45) is 5.41 Å². The van der Waals surface area contributed by atoms with Crippen molar-refractivity contribution in [2.75, 3.05) is 6.54 Å². The van der Waals surface area contributed by atoms with Crippen molar-refractivity contribution >= 4 is 23.3 Å². The Morgan fingerprint density at radius 2 is 2.16 bits per heavy atom. The van der Waals surface area contributed by atoms with E-state index in [1.165, 1.54) is 0 Å². The Balaban J connectivity index is 2.39. The molecule has 0 aliphatic rings. The van der Waals surface area contributed by atoms with Crippen LogP contribution in [0.25, 0.3) is 0 Å². The Bertz CT molecular complexity index is 510. The molecule has 106 valence electrons. The fraction of sp³-hybridized carbons (Fsp3) is 0.545. The predicted molar refractivity (Wildman–Crippen MR) is 71.2 cm³/mol. The van der Waals surface area contributed by atoms with Crippen LogP contribution in [0.2, 0.25) is 0 Å². The van der Waals surface area contributed by atoms with Crippen molar-refractivity contribution < 1.29 is 14.7 Å². The molecule has 1 heterocycles. The lowest BCUT2D eigenvalue weighted by Gasteiger charge is -2.23. The second-order valence-electron chi connectivity index (χ2n) is 4.43. The van der Waals surface area contributed by atoms with Crippen molar-refractivity contribution in [3.63, 3.8) is 0 Å². The van der Waals surface area contributed by atoms with E-state index in [-0.39, 0.29) is 18.0 Å². The minimum absolute atomic E-state index is 0.0465. The van der Waals surface area contributed by atoms with Gasteiger partial charge >= 0.3 is 16.9 Å². The van der Waals surface area contributed by atoms with Gasteiger partial charge in [0, 0.05) is 17.6 Å². The minimum atomic E-state index is -0.978. The second-order valence-corrected chi connectivity index (χ2v) is 5.27. The molecule has 0 fully saturated rings. The molecule has 1 rings (SSSR count). The molecule has 1 aromatic rings. The van der Waals surface area contributed by atoms with Gasteiger partial charge in [-0.25, -0.2) is 4.79 Å². The molecule has 7 nitrogen and oxygen atoms in total. The lowest BCUT2D eigenvalue weighted by Crippen LogP contribution is -2.44. The number of aromatic amines is 1. The van der Waals surface area contributed by atoms with Gasteiger partial charge in [0.1, 0.15) is 0 Å². The van der Waals surface area contributed by atoms with E-state index in [1.54, 1.807) is 19.2 Å². The van der Waals surface area contributed by atoms with E-state index in [0.29, 0.717) is 12.1 Å². The first-order chi connectivity index (χ1) is 8.87. The Morgan fingerprint density at radius 3 is 2.63 bits per heavy atom. The molecule has 0 aromatic carbocycles. The number of rotatable bonds is 6. The highest BCUT2D eigenvalue weighted by Gasteiger charge is 2.31. The molecule has 1 aromatic heterocycles. The van der Waals surface area contributed by atoms with Crippen molar-refractivity contribution in [1.29, 1.82) is 0 Å². The summed E-state index contributed by atoms with van der Waals surface area (Å²) in [7, 11) is 0. The van der Waals surface area contributed by atoms with E-state index in [0.717, 1.165) is 11.3 Å². The van der Waals surface area contributed by atoms with Crippen LogP contribution in [0.15, 0.2) is 10.2 Å². The van der Waals surface area contributed by atoms with E-state index in [1.807, 2.05) is 0 Å². The van der Waals surface area contributed by atoms with Gasteiger partial charge in [0.2, 0.25) is 0 Å². The third kappa shape index (κ3) is 4.40. The standard InChI is InChI=1S/C11H17N3O4S/c1-3-11(2,8(15)16)6-13-9(17)12-4-7-5-19-10(18)14-7/h5H,3-4,6H2,1-2H3,(H,14,18)(H,15,16)(H2,12,13,17). The van der Waals surface area contributed by atoms with Crippen LogP contribution in [0.1, 0.15) is 26.0 Å². The first-order valence-corrected chi connectivity index (χ1v) is 6.67. The first kappa shape index (κ1) is 15.2. The van der Waals surface area contributed by atoms with Gasteiger partial charge in [0.05, 0.1) is 12.0 Å². The summed E-state index contributed by atoms with van der Waals surface area (Å²) in [6, 6.07) is -0.465. The molecule has 0 saturated carbocycles. The van der Waals surface area contributed by atoms with Crippen LogP contribution in [-0.2, 0) is 11.3 Å². The third-order valence-electron chi connectivity index (χ3n) is 2.95. The maximum Gasteiger partial charge on any atom is 0.315 e. The van der Waals surface area contributed by atoms with Crippen molar-refractivity contribution in [2.45, 2.75) is 26.8 Å². The van der Waals surface area contributed by atoms with Crippen LogP contribution < -0.4 is 15.5 Å². The molecule has 1 atom stereocenters. The lowest BCUT2D eigenvalue weighted by atomic mass is 9.88. The smallest absolute Gasteiger partial charge is 0.315 e. The SMILES string of the molecule is CCC(C)(CNC(=O)NCc1csc(=O)[nH]1)C(=O)O. The second kappa shape index (κ2) is 6.37. The number of hydrogen-bond acceptors (Lipinski definition) is 4. The van der Waals surface area contributed by atoms with Gasteiger partial charge in [-0.3, -0.25) is 9.59 Å². The van der Waals surface area contributed by atoms with E-state index in [2.05, 4.69) is 15.6 Å². The average molecular weight is 287 g/mol. The molecule has 0 radical (unpaired) electrons. The zero-order chi connectivity index (χ0) is 14.5. The van der Waals surface area contributed by atoms with Gasteiger partial charge in [-0.1, -0.05) is 18.3 Å². The summed E-state index contributed by atoms with van der Waals surface area (Å²) >= 11 is 1.02. The molecule has 19 heavy (non-hydrogen) atoms. The van der Waals surface area contributed by atoms with Crippen LogP contribution >= 0.6 is 11.3 Å². The number of urea groups is 1. The molecule has 0 aliphatic carbocycles. The van der Waals surface area contributed by atoms with E-state index in [9.17, 15) is 14.4 Å². The van der Waals surface area contributed by atoms with Gasteiger partial charge in [-0.15, -0.1) is 0 Å². The fourth-order valence-electron chi connectivity index (χ4n) is 1.27. The molecule has 2 amide bonds. The van der Waals surface area contributed by atoms with Crippen molar-refractivity contribution in [1.82, 2.24) is 15.6 Å². The molecule has 0 bridgehead atoms. The third-order valence-corrected chi connectivity index (χ3v) is 3.66. The summed E-state index contributed by atoms with van der Waals surface area (Å²) < 4.78 is 0. The number of thiazole rings is 1. The van der Waals surface area contributed by atoms with E-state index < -0.39 is 17.4 Å². The number of carbonyl (C=O) groups is 2. The fourth-order valence-corrected chi connectivity index (χ4v) is 1.85. The van der Waals surface area contributed by atoms with Crippen LogP contribution in [0, 0.1) is 5.41 Å².